The van der Waals surface area contributed by atoms with E-state index in [0.717, 1.165) is 4.57 Å². The topological polar surface area (TPSA) is 122 Å². The zero-order valence-electron chi connectivity index (χ0n) is 16.7. The number of halogens is 1. The molecule has 1 aromatic carbocycles. The van der Waals surface area contributed by atoms with Gasteiger partial charge in [0.15, 0.2) is 11.3 Å². The van der Waals surface area contributed by atoms with Crippen LogP contribution in [0.1, 0.15) is 34.0 Å². The van der Waals surface area contributed by atoms with Gasteiger partial charge in [-0.2, -0.15) is 0 Å². The number of rotatable bonds is 4. The maximum absolute atomic E-state index is 13.7. The molecule has 3 rings (SSSR count). The van der Waals surface area contributed by atoms with Gasteiger partial charge in [0.25, 0.3) is 5.56 Å². The highest BCUT2D eigenvalue weighted by atomic mass is 19.1. The number of hydrogen-bond donors (Lipinski definition) is 3. The minimum Gasteiger partial charge on any atom is -0.505 e. The van der Waals surface area contributed by atoms with Crippen LogP contribution in [0.3, 0.4) is 0 Å². The number of pyridine rings is 2. The van der Waals surface area contributed by atoms with E-state index < -0.39 is 28.7 Å². The predicted molar refractivity (Wildman–Crippen MR) is 110 cm³/mol. The Labute approximate surface area is 176 Å². The number of aromatic carboxylic acids is 1. The van der Waals surface area contributed by atoms with Gasteiger partial charge in [0.1, 0.15) is 11.3 Å². The van der Waals surface area contributed by atoms with Crippen molar-refractivity contribution in [2.45, 2.75) is 13.3 Å². The summed E-state index contributed by atoms with van der Waals surface area (Å²) in [7, 11) is 1.39. The Morgan fingerprint density at radius 2 is 2.03 bits per heavy atom. The molecule has 31 heavy (non-hydrogen) atoms. The van der Waals surface area contributed by atoms with Gasteiger partial charge in [0.2, 0.25) is 5.91 Å². The Kier molecular flexibility index (Phi) is 6.02. The quantitative estimate of drug-likeness (QED) is 0.548. The van der Waals surface area contributed by atoms with Gasteiger partial charge in [0.05, 0.1) is 12.1 Å². The van der Waals surface area contributed by atoms with E-state index >= 15 is 0 Å². The highest BCUT2D eigenvalue weighted by Gasteiger charge is 2.21. The van der Waals surface area contributed by atoms with Crippen molar-refractivity contribution in [2.24, 2.45) is 7.05 Å². The molecule has 0 saturated heterocycles. The number of aromatic hydroxyl groups is 1. The minimum absolute atomic E-state index is 0.0160. The van der Waals surface area contributed by atoms with Crippen LogP contribution in [0.4, 0.5) is 4.39 Å². The molecular weight excluding hydrogens is 405 g/mol. The van der Waals surface area contributed by atoms with Crippen LogP contribution in [-0.2, 0) is 18.3 Å². The summed E-state index contributed by atoms with van der Waals surface area (Å²) in [6.07, 6.45) is 1.74. The first-order valence-electron chi connectivity index (χ1n) is 9.14. The van der Waals surface area contributed by atoms with Gasteiger partial charge in [0, 0.05) is 32.2 Å². The molecule has 0 unspecified atom stereocenters. The summed E-state index contributed by atoms with van der Waals surface area (Å²) < 4.78 is 14.8. The molecule has 0 aliphatic carbocycles. The lowest BCUT2D eigenvalue weighted by atomic mass is 10.00. The summed E-state index contributed by atoms with van der Waals surface area (Å²) in [5.41, 5.74) is 0.399. The van der Waals surface area contributed by atoms with Gasteiger partial charge in [-0.25, -0.2) is 9.18 Å². The van der Waals surface area contributed by atoms with E-state index in [-0.39, 0.29) is 23.5 Å². The highest BCUT2D eigenvalue weighted by Crippen LogP contribution is 2.25. The number of benzene rings is 1. The maximum Gasteiger partial charge on any atom is 0.345 e. The Balaban J connectivity index is 2.02. The van der Waals surface area contributed by atoms with Crippen molar-refractivity contribution in [3.8, 4) is 17.6 Å². The molecule has 2 aromatic heterocycles. The fraction of sp³-hybridized carbons (Fsp3) is 0.182. The van der Waals surface area contributed by atoms with Gasteiger partial charge < -0.3 is 20.1 Å². The molecule has 0 bridgehead atoms. The van der Waals surface area contributed by atoms with Crippen LogP contribution < -0.4 is 10.9 Å². The zero-order valence-corrected chi connectivity index (χ0v) is 16.7. The van der Waals surface area contributed by atoms with Crippen LogP contribution >= 0.6 is 0 Å². The second-order valence-corrected chi connectivity index (χ2v) is 6.79. The number of carbonyl (C=O) groups excluding carboxylic acids is 1. The van der Waals surface area contributed by atoms with Crippen molar-refractivity contribution >= 4 is 22.9 Å². The summed E-state index contributed by atoms with van der Waals surface area (Å²) in [5.74, 6) is 2.67. The molecule has 3 aromatic rings. The Hall–Kier alpha value is -4.19. The zero-order chi connectivity index (χ0) is 22.7. The molecule has 0 spiro atoms. The van der Waals surface area contributed by atoms with E-state index in [1.807, 2.05) is 0 Å². The van der Waals surface area contributed by atoms with Crippen LogP contribution in [0, 0.1) is 17.7 Å². The first kappa shape index (κ1) is 21.5. The number of hydrogen-bond acceptors (Lipinski definition) is 5. The number of aryl methyl sites for hydroxylation is 1. The van der Waals surface area contributed by atoms with E-state index in [1.165, 1.54) is 32.3 Å². The van der Waals surface area contributed by atoms with Gasteiger partial charge in [-0.05, 0) is 29.3 Å². The van der Waals surface area contributed by atoms with Crippen molar-refractivity contribution in [3.63, 3.8) is 0 Å². The summed E-state index contributed by atoms with van der Waals surface area (Å²) in [6, 6.07) is 5.76. The molecular formula is C22H18FN3O5. The van der Waals surface area contributed by atoms with Crippen molar-refractivity contribution in [2.75, 3.05) is 6.54 Å². The maximum atomic E-state index is 13.7. The number of aromatic nitrogens is 2. The summed E-state index contributed by atoms with van der Waals surface area (Å²) in [6.45, 7) is 1.49. The van der Waals surface area contributed by atoms with Gasteiger partial charge >= 0.3 is 5.97 Å². The normalized spacial score (nSPS) is 10.4. The number of carboxylic acids is 1. The summed E-state index contributed by atoms with van der Waals surface area (Å²) in [4.78, 5) is 38.7. The van der Waals surface area contributed by atoms with E-state index in [1.54, 1.807) is 12.1 Å². The number of fused-ring (bicyclic) bond motifs is 1. The standard InChI is InChI=1S/C22H18FN3O5/c1-12(27)24-7-3-4-14-10-16(23)6-5-15(14)8-13-9-17-19(25-11-13)20(28)18(22(30)31)21(29)26(17)2/h5-6,9-11,28H,7-8H2,1-2H3,(H,24,27)(H,30,31). The average Bonchev–Trinajstić information content (AvgIpc) is 2.71. The lowest BCUT2D eigenvalue weighted by molar-refractivity contribution is -0.118. The number of carboxylic acid groups (broad SMARTS) is 1. The Morgan fingerprint density at radius 1 is 1.29 bits per heavy atom. The van der Waals surface area contributed by atoms with Crippen LogP contribution in [0.25, 0.3) is 11.0 Å². The molecule has 8 nitrogen and oxygen atoms in total. The predicted octanol–water partition coefficient (Wildman–Crippen LogP) is 1.55. The van der Waals surface area contributed by atoms with Crippen molar-refractivity contribution in [1.82, 2.24) is 14.9 Å². The van der Waals surface area contributed by atoms with Crippen LogP contribution in [0.5, 0.6) is 5.75 Å². The molecule has 0 radical (unpaired) electrons. The molecule has 1 amide bonds. The molecule has 0 aliphatic heterocycles. The van der Waals surface area contributed by atoms with Crippen LogP contribution in [0.2, 0.25) is 0 Å². The van der Waals surface area contributed by atoms with E-state index in [4.69, 9.17) is 0 Å². The number of nitrogens with one attached hydrogen (secondary N) is 1. The smallest absolute Gasteiger partial charge is 0.345 e. The molecule has 2 heterocycles. The summed E-state index contributed by atoms with van der Waals surface area (Å²) in [5, 5.41) is 21.9. The number of amides is 1. The lowest BCUT2D eigenvalue weighted by Crippen LogP contribution is -2.25. The SMILES string of the molecule is CC(=O)NCC#Cc1cc(F)ccc1Cc1cnc2c(O)c(C(=O)O)c(=O)n(C)c2c1. The minimum atomic E-state index is -1.54. The fourth-order valence-corrected chi connectivity index (χ4v) is 3.07. The van der Waals surface area contributed by atoms with Crippen molar-refractivity contribution < 1.29 is 24.2 Å². The molecule has 0 atom stereocenters. The summed E-state index contributed by atoms with van der Waals surface area (Å²) >= 11 is 0. The van der Waals surface area contributed by atoms with Gasteiger partial charge in [-0.15, -0.1) is 0 Å². The van der Waals surface area contributed by atoms with Gasteiger partial charge in [-0.1, -0.05) is 17.9 Å². The van der Waals surface area contributed by atoms with Crippen molar-refractivity contribution in [1.29, 1.82) is 0 Å². The monoisotopic (exact) mass is 423 g/mol. The number of carbonyl (C=O) groups is 2. The highest BCUT2D eigenvalue weighted by molar-refractivity contribution is 5.97. The molecule has 0 aliphatic rings. The van der Waals surface area contributed by atoms with Crippen LogP contribution in [0.15, 0.2) is 35.3 Å². The van der Waals surface area contributed by atoms with Crippen molar-refractivity contribution in [3.05, 3.63) is 68.9 Å². The average molecular weight is 423 g/mol. The van der Waals surface area contributed by atoms with E-state index in [0.29, 0.717) is 23.1 Å². The molecule has 0 fully saturated rings. The Bertz CT molecular complexity index is 1330. The molecule has 158 valence electrons. The van der Waals surface area contributed by atoms with Crippen LogP contribution in [-0.4, -0.2) is 38.2 Å². The Morgan fingerprint density at radius 3 is 2.71 bits per heavy atom. The first-order chi connectivity index (χ1) is 14.7. The van der Waals surface area contributed by atoms with Gasteiger partial charge in [-0.3, -0.25) is 14.6 Å². The third-order valence-electron chi connectivity index (χ3n) is 4.59. The fourth-order valence-electron chi connectivity index (χ4n) is 3.07. The molecule has 9 heteroatoms. The molecule has 0 saturated carbocycles. The first-order valence-corrected chi connectivity index (χ1v) is 9.14. The molecule has 3 N–H and O–H groups in total. The van der Waals surface area contributed by atoms with E-state index in [2.05, 4.69) is 22.1 Å². The largest absolute Gasteiger partial charge is 0.505 e. The lowest BCUT2D eigenvalue weighted by Gasteiger charge is -2.11. The second-order valence-electron chi connectivity index (χ2n) is 6.79. The number of nitrogens with zero attached hydrogens (tertiary/aromatic N) is 2. The third kappa shape index (κ3) is 4.53. The second kappa shape index (κ2) is 8.67. The third-order valence-corrected chi connectivity index (χ3v) is 4.59. The van der Waals surface area contributed by atoms with E-state index in [9.17, 15) is 29.0 Å².